The van der Waals surface area contributed by atoms with Crippen LogP contribution in [0.25, 0.3) is 0 Å². The minimum absolute atomic E-state index is 0.131. The molecule has 3 aromatic rings. The van der Waals surface area contributed by atoms with Gasteiger partial charge in [0.2, 0.25) is 0 Å². The minimum Gasteiger partial charge on any atom is -0.489 e. The first-order valence-corrected chi connectivity index (χ1v) is 8.48. The SMILES string of the molecule is Cc1cccc(C)c1CC(=O)c1ccc(OCc2ccccc2)cc1. The van der Waals surface area contributed by atoms with Crippen LogP contribution in [-0.4, -0.2) is 5.78 Å². The van der Waals surface area contributed by atoms with Crippen molar-refractivity contribution in [2.45, 2.75) is 26.9 Å². The van der Waals surface area contributed by atoms with Crippen LogP contribution in [0, 0.1) is 13.8 Å². The zero-order valence-electron chi connectivity index (χ0n) is 14.7. The molecule has 0 unspecified atom stereocenters. The maximum atomic E-state index is 12.6. The lowest BCUT2D eigenvalue weighted by Gasteiger charge is -2.10. The number of Topliss-reactive ketones (excluding diaryl/α,β-unsaturated/α-hetero) is 1. The lowest BCUT2D eigenvalue weighted by Crippen LogP contribution is -2.06. The molecule has 0 radical (unpaired) electrons. The number of carbonyl (C=O) groups is 1. The molecule has 0 aromatic heterocycles. The van der Waals surface area contributed by atoms with Gasteiger partial charge in [0.1, 0.15) is 12.4 Å². The molecule has 0 bridgehead atoms. The van der Waals surface area contributed by atoms with Crippen molar-refractivity contribution in [1.29, 1.82) is 0 Å². The van der Waals surface area contributed by atoms with Crippen LogP contribution in [-0.2, 0) is 13.0 Å². The van der Waals surface area contributed by atoms with E-state index < -0.39 is 0 Å². The van der Waals surface area contributed by atoms with E-state index in [4.69, 9.17) is 4.74 Å². The largest absolute Gasteiger partial charge is 0.489 e. The first kappa shape index (κ1) is 17.0. The third-order valence-electron chi connectivity index (χ3n) is 4.41. The van der Waals surface area contributed by atoms with Crippen LogP contribution in [0.1, 0.15) is 32.6 Å². The van der Waals surface area contributed by atoms with E-state index in [1.807, 2.05) is 60.7 Å². The molecule has 126 valence electrons. The number of aryl methyl sites for hydroxylation is 2. The maximum absolute atomic E-state index is 12.6. The molecule has 0 amide bonds. The van der Waals surface area contributed by atoms with Crippen molar-refractivity contribution in [3.05, 3.63) is 101 Å². The molecule has 0 N–H and O–H groups in total. The maximum Gasteiger partial charge on any atom is 0.167 e. The average molecular weight is 330 g/mol. The fourth-order valence-corrected chi connectivity index (χ4v) is 2.87. The highest BCUT2D eigenvalue weighted by Gasteiger charge is 2.11. The molecular formula is C23H22O2. The van der Waals surface area contributed by atoms with Gasteiger partial charge in [0.05, 0.1) is 0 Å². The highest BCUT2D eigenvalue weighted by atomic mass is 16.5. The summed E-state index contributed by atoms with van der Waals surface area (Å²) in [6.07, 6.45) is 0.433. The first-order valence-electron chi connectivity index (χ1n) is 8.48. The van der Waals surface area contributed by atoms with Gasteiger partial charge in [0, 0.05) is 12.0 Å². The van der Waals surface area contributed by atoms with E-state index in [0.717, 1.165) is 33.6 Å². The van der Waals surface area contributed by atoms with E-state index in [1.165, 1.54) is 0 Å². The van der Waals surface area contributed by atoms with Crippen LogP contribution >= 0.6 is 0 Å². The van der Waals surface area contributed by atoms with E-state index in [1.54, 1.807) is 0 Å². The molecule has 25 heavy (non-hydrogen) atoms. The third kappa shape index (κ3) is 4.36. The lowest BCUT2D eigenvalue weighted by molar-refractivity contribution is 0.0992. The first-order chi connectivity index (χ1) is 12.1. The Morgan fingerprint density at radius 2 is 1.44 bits per heavy atom. The molecule has 0 spiro atoms. The Labute approximate surface area is 149 Å². The summed E-state index contributed by atoms with van der Waals surface area (Å²) in [4.78, 5) is 12.6. The summed E-state index contributed by atoms with van der Waals surface area (Å²) in [5, 5.41) is 0. The summed E-state index contributed by atoms with van der Waals surface area (Å²) >= 11 is 0. The Morgan fingerprint density at radius 3 is 2.08 bits per heavy atom. The second-order valence-corrected chi connectivity index (χ2v) is 6.27. The molecule has 3 aromatic carbocycles. The van der Waals surface area contributed by atoms with E-state index in [9.17, 15) is 4.79 Å². The van der Waals surface area contributed by atoms with Crippen LogP contribution in [0.5, 0.6) is 5.75 Å². The molecule has 0 atom stereocenters. The van der Waals surface area contributed by atoms with Crippen molar-refractivity contribution < 1.29 is 9.53 Å². The van der Waals surface area contributed by atoms with E-state index >= 15 is 0 Å². The number of hydrogen-bond donors (Lipinski definition) is 0. The van der Waals surface area contributed by atoms with Crippen LogP contribution in [0.2, 0.25) is 0 Å². The van der Waals surface area contributed by atoms with Crippen LogP contribution in [0.15, 0.2) is 72.8 Å². The Kier molecular flexibility index (Phi) is 5.30. The zero-order chi connectivity index (χ0) is 17.6. The third-order valence-corrected chi connectivity index (χ3v) is 4.41. The molecule has 0 aliphatic rings. The molecule has 0 aliphatic carbocycles. The molecular weight excluding hydrogens is 308 g/mol. The molecule has 0 fully saturated rings. The number of ether oxygens (including phenoxy) is 1. The van der Waals surface area contributed by atoms with Gasteiger partial charge < -0.3 is 4.74 Å². The summed E-state index contributed by atoms with van der Waals surface area (Å²) in [6.45, 7) is 4.63. The number of benzene rings is 3. The fraction of sp³-hybridized carbons (Fsp3) is 0.174. The molecule has 2 heteroatoms. The normalized spacial score (nSPS) is 10.5. The van der Waals surface area contributed by atoms with Gasteiger partial charge in [-0.15, -0.1) is 0 Å². The van der Waals surface area contributed by atoms with Crippen LogP contribution in [0.3, 0.4) is 0 Å². The second kappa shape index (κ2) is 7.80. The standard InChI is InChI=1S/C23H22O2/c1-17-7-6-8-18(2)22(17)15-23(24)20-11-13-21(14-12-20)25-16-19-9-4-3-5-10-19/h3-14H,15-16H2,1-2H3. The number of ketones is 1. The van der Waals surface area contributed by atoms with Gasteiger partial charge in [-0.1, -0.05) is 48.5 Å². The molecule has 0 aliphatic heterocycles. The van der Waals surface area contributed by atoms with E-state index in [0.29, 0.717) is 13.0 Å². The van der Waals surface area contributed by atoms with Crippen LogP contribution in [0.4, 0.5) is 0 Å². The topological polar surface area (TPSA) is 26.3 Å². The molecule has 0 heterocycles. The second-order valence-electron chi connectivity index (χ2n) is 6.27. The van der Waals surface area contributed by atoms with Gasteiger partial charge in [-0.2, -0.15) is 0 Å². The Balaban J connectivity index is 1.64. The van der Waals surface area contributed by atoms with Crippen molar-refractivity contribution in [2.75, 3.05) is 0 Å². The summed E-state index contributed by atoms with van der Waals surface area (Å²) in [5.41, 5.74) is 5.29. The number of hydrogen-bond acceptors (Lipinski definition) is 2. The Hall–Kier alpha value is -2.87. The monoisotopic (exact) mass is 330 g/mol. The van der Waals surface area contributed by atoms with Crippen molar-refractivity contribution in [3.8, 4) is 5.75 Å². The lowest BCUT2D eigenvalue weighted by atomic mass is 9.95. The summed E-state index contributed by atoms with van der Waals surface area (Å²) in [6, 6.07) is 23.6. The summed E-state index contributed by atoms with van der Waals surface area (Å²) in [5.74, 6) is 0.902. The Bertz CT molecular complexity index is 829. The Morgan fingerprint density at radius 1 is 0.800 bits per heavy atom. The highest BCUT2D eigenvalue weighted by Crippen LogP contribution is 2.19. The number of carbonyl (C=O) groups excluding carboxylic acids is 1. The van der Waals surface area contributed by atoms with Gasteiger partial charge in [-0.3, -0.25) is 4.79 Å². The fourth-order valence-electron chi connectivity index (χ4n) is 2.87. The molecule has 0 saturated carbocycles. The smallest absolute Gasteiger partial charge is 0.167 e. The van der Waals surface area contributed by atoms with Gasteiger partial charge in [0.25, 0.3) is 0 Å². The quantitative estimate of drug-likeness (QED) is 0.573. The predicted molar refractivity (Wildman–Crippen MR) is 101 cm³/mol. The molecule has 0 saturated heterocycles. The molecule has 2 nitrogen and oxygen atoms in total. The van der Waals surface area contributed by atoms with Crippen molar-refractivity contribution in [3.63, 3.8) is 0 Å². The summed E-state index contributed by atoms with van der Waals surface area (Å²) in [7, 11) is 0. The summed E-state index contributed by atoms with van der Waals surface area (Å²) < 4.78 is 5.77. The predicted octanol–water partition coefficient (Wildman–Crippen LogP) is 5.31. The highest BCUT2D eigenvalue weighted by molar-refractivity contribution is 5.97. The van der Waals surface area contributed by atoms with Crippen molar-refractivity contribution >= 4 is 5.78 Å². The number of rotatable bonds is 6. The van der Waals surface area contributed by atoms with Crippen molar-refractivity contribution in [1.82, 2.24) is 0 Å². The minimum atomic E-state index is 0.131. The van der Waals surface area contributed by atoms with Crippen molar-refractivity contribution in [2.24, 2.45) is 0 Å². The van der Waals surface area contributed by atoms with Crippen LogP contribution < -0.4 is 4.74 Å². The van der Waals surface area contributed by atoms with E-state index in [-0.39, 0.29) is 5.78 Å². The van der Waals surface area contributed by atoms with Gasteiger partial charge in [0.15, 0.2) is 5.78 Å². The van der Waals surface area contributed by atoms with E-state index in [2.05, 4.69) is 26.0 Å². The zero-order valence-corrected chi connectivity index (χ0v) is 14.7. The van der Waals surface area contributed by atoms with Gasteiger partial charge in [-0.25, -0.2) is 0 Å². The van der Waals surface area contributed by atoms with Gasteiger partial charge >= 0.3 is 0 Å². The average Bonchev–Trinajstić information content (AvgIpc) is 2.64. The van der Waals surface area contributed by atoms with Gasteiger partial charge in [-0.05, 0) is 60.4 Å². The molecule has 3 rings (SSSR count).